The number of aromatic nitrogens is 4. The number of H-pyrrole nitrogens is 1. The van der Waals surface area contributed by atoms with E-state index in [9.17, 15) is 31.1 Å². The number of thiocarbonyl (C=S) groups is 1. The van der Waals surface area contributed by atoms with E-state index < -0.39 is 23.5 Å². The lowest BCUT2D eigenvalue weighted by molar-refractivity contribution is -0.143. The summed E-state index contributed by atoms with van der Waals surface area (Å²) in [4.78, 5) is 14.5. The molecule has 1 aliphatic rings. The van der Waals surface area contributed by atoms with Gasteiger partial charge in [0.15, 0.2) is 5.82 Å². The average molecular weight is 544 g/mol. The lowest BCUT2D eigenvalue weighted by Gasteiger charge is -2.14. The van der Waals surface area contributed by atoms with Crippen LogP contribution in [-0.4, -0.2) is 42.3 Å². The van der Waals surface area contributed by atoms with Crippen molar-refractivity contribution < 1.29 is 31.1 Å². The van der Waals surface area contributed by atoms with Gasteiger partial charge < -0.3 is 0 Å². The molecule has 0 aliphatic carbocycles. The normalized spacial score (nSPS) is 15.8. The summed E-state index contributed by atoms with van der Waals surface area (Å²) in [5.74, 6) is 0.151. The van der Waals surface area contributed by atoms with Gasteiger partial charge in [0, 0.05) is 13.0 Å². The molecule has 2 aromatic carbocycles. The van der Waals surface area contributed by atoms with Crippen molar-refractivity contribution in [1.82, 2.24) is 25.5 Å². The summed E-state index contributed by atoms with van der Waals surface area (Å²) in [6, 6.07) is 7.30. The highest BCUT2D eigenvalue weighted by Crippen LogP contribution is 2.39. The van der Waals surface area contributed by atoms with Crippen LogP contribution >= 0.6 is 24.0 Å². The molecule has 1 aliphatic heterocycles. The van der Waals surface area contributed by atoms with Crippen molar-refractivity contribution in [1.29, 1.82) is 0 Å². The molecule has 188 valence electrons. The number of aromatic amines is 1. The third-order valence-corrected chi connectivity index (χ3v) is 6.53. The Labute approximate surface area is 209 Å². The SMILES string of the molecule is O=C1C(=Cc2cccc(-c3cc(C(F)(F)F)cc(C(F)(F)F)c3)c2)SC(=S)N1CCCc1nn[nH]n1. The van der Waals surface area contributed by atoms with E-state index >= 15 is 0 Å². The number of aryl methyl sites for hydroxylation is 1. The highest BCUT2D eigenvalue weighted by molar-refractivity contribution is 8.26. The molecule has 4 rings (SSSR count). The lowest BCUT2D eigenvalue weighted by Crippen LogP contribution is -2.29. The van der Waals surface area contributed by atoms with Gasteiger partial charge in [-0.3, -0.25) is 9.69 Å². The van der Waals surface area contributed by atoms with Crippen molar-refractivity contribution in [3.8, 4) is 11.1 Å². The second kappa shape index (κ2) is 10.0. The van der Waals surface area contributed by atoms with Crippen molar-refractivity contribution in [2.45, 2.75) is 25.2 Å². The number of nitrogens with one attached hydrogen (secondary N) is 1. The van der Waals surface area contributed by atoms with Gasteiger partial charge in [-0.1, -0.05) is 47.4 Å². The number of benzene rings is 2. The maximum atomic E-state index is 13.2. The largest absolute Gasteiger partial charge is 0.416 e. The van der Waals surface area contributed by atoms with Gasteiger partial charge >= 0.3 is 12.4 Å². The third kappa shape index (κ3) is 5.93. The van der Waals surface area contributed by atoms with E-state index in [-0.39, 0.29) is 28.0 Å². The number of amides is 1. The number of thioether (sulfide) groups is 1. The third-order valence-electron chi connectivity index (χ3n) is 5.15. The van der Waals surface area contributed by atoms with Crippen molar-refractivity contribution in [2.24, 2.45) is 0 Å². The second-order valence-corrected chi connectivity index (χ2v) is 9.36. The highest BCUT2D eigenvalue weighted by atomic mass is 32.2. The van der Waals surface area contributed by atoms with E-state index in [1.54, 1.807) is 6.07 Å². The molecule has 1 fully saturated rings. The molecule has 1 amide bonds. The molecule has 1 N–H and O–H groups in total. The van der Waals surface area contributed by atoms with Crippen molar-refractivity contribution in [3.63, 3.8) is 0 Å². The topological polar surface area (TPSA) is 74.8 Å². The molecule has 0 bridgehead atoms. The summed E-state index contributed by atoms with van der Waals surface area (Å²) in [7, 11) is 0. The number of carbonyl (C=O) groups is 1. The van der Waals surface area contributed by atoms with Crippen LogP contribution in [0.5, 0.6) is 0 Å². The van der Waals surface area contributed by atoms with Crippen LogP contribution in [0, 0.1) is 0 Å². The molecule has 0 saturated carbocycles. The minimum Gasteiger partial charge on any atom is -0.293 e. The smallest absolute Gasteiger partial charge is 0.293 e. The monoisotopic (exact) mass is 543 g/mol. The molecular weight excluding hydrogens is 528 g/mol. The fourth-order valence-electron chi connectivity index (χ4n) is 3.46. The Bertz CT molecular complexity index is 1290. The minimum absolute atomic E-state index is 0.0807. The van der Waals surface area contributed by atoms with E-state index in [1.165, 1.54) is 29.2 Å². The van der Waals surface area contributed by atoms with Gasteiger partial charge in [0.25, 0.3) is 5.91 Å². The zero-order valence-corrected chi connectivity index (χ0v) is 19.7. The first-order valence-corrected chi connectivity index (χ1v) is 11.5. The Morgan fingerprint density at radius 1 is 1.00 bits per heavy atom. The van der Waals surface area contributed by atoms with E-state index in [0.717, 1.165) is 11.8 Å². The summed E-state index contributed by atoms with van der Waals surface area (Å²) in [5.41, 5.74) is -2.50. The first kappa shape index (κ1) is 25.8. The first-order valence-electron chi connectivity index (χ1n) is 10.3. The molecule has 36 heavy (non-hydrogen) atoms. The van der Waals surface area contributed by atoms with Crippen molar-refractivity contribution in [3.05, 3.63) is 69.9 Å². The quantitative estimate of drug-likeness (QED) is 0.243. The van der Waals surface area contributed by atoms with Crippen LogP contribution in [-0.2, 0) is 23.6 Å². The van der Waals surface area contributed by atoms with Crippen LogP contribution in [0.1, 0.15) is 28.9 Å². The highest BCUT2D eigenvalue weighted by Gasteiger charge is 2.37. The van der Waals surface area contributed by atoms with Crippen molar-refractivity contribution in [2.75, 3.05) is 6.54 Å². The fourth-order valence-corrected chi connectivity index (χ4v) is 4.77. The number of halogens is 6. The molecule has 1 saturated heterocycles. The predicted octanol–water partition coefficient (Wildman–Crippen LogP) is 5.74. The minimum atomic E-state index is -4.95. The lowest BCUT2D eigenvalue weighted by atomic mass is 9.97. The Balaban J connectivity index is 1.57. The fraction of sp³-hybridized carbons (Fsp3) is 0.227. The van der Waals surface area contributed by atoms with E-state index in [4.69, 9.17) is 12.2 Å². The number of hydrogen-bond donors (Lipinski definition) is 1. The molecule has 3 aromatic rings. The van der Waals surface area contributed by atoms with E-state index in [2.05, 4.69) is 20.6 Å². The Kier molecular flexibility index (Phi) is 7.18. The number of tetrazole rings is 1. The van der Waals surface area contributed by atoms with Crippen molar-refractivity contribution >= 4 is 40.3 Å². The summed E-state index contributed by atoms with van der Waals surface area (Å²) < 4.78 is 79.8. The number of nitrogens with zero attached hydrogens (tertiary/aromatic N) is 4. The van der Waals surface area contributed by atoms with Gasteiger partial charge in [0.1, 0.15) is 4.32 Å². The molecule has 0 unspecified atom stereocenters. The molecule has 1 aromatic heterocycles. The van der Waals surface area contributed by atoms with Crippen LogP contribution in [0.3, 0.4) is 0 Å². The number of carbonyl (C=O) groups excluding carboxylic acids is 1. The first-order chi connectivity index (χ1) is 16.9. The predicted molar refractivity (Wildman–Crippen MR) is 124 cm³/mol. The standard InChI is InChI=1S/C22H15F6N5OS2/c23-21(24,25)15-9-14(10-16(11-15)22(26,27)28)13-4-1-3-12(7-13)8-17-19(34)33(20(35)36-17)6-2-5-18-29-31-32-30-18/h1,3-4,7-11H,2,5-6H2,(H,29,30,31,32). The molecule has 14 heteroatoms. The van der Waals surface area contributed by atoms with Crippen LogP contribution in [0.2, 0.25) is 0 Å². The molecule has 2 heterocycles. The maximum Gasteiger partial charge on any atom is 0.416 e. The van der Waals surface area contributed by atoms with Gasteiger partial charge in [0.2, 0.25) is 0 Å². The molecule has 0 radical (unpaired) electrons. The number of alkyl halides is 6. The van der Waals surface area contributed by atoms with Crippen LogP contribution < -0.4 is 0 Å². The number of rotatable bonds is 6. The molecular formula is C22H15F6N5OS2. The van der Waals surface area contributed by atoms with Crippen LogP contribution in [0.4, 0.5) is 26.3 Å². The maximum absolute atomic E-state index is 13.2. The van der Waals surface area contributed by atoms with Crippen LogP contribution in [0.25, 0.3) is 17.2 Å². The van der Waals surface area contributed by atoms with Gasteiger partial charge in [-0.25, -0.2) is 0 Å². The van der Waals surface area contributed by atoms with E-state index in [1.807, 2.05) is 0 Å². The Hall–Kier alpha value is -3.26. The summed E-state index contributed by atoms with van der Waals surface area (Å²) in [5, 5.41) is 13.5. The summed E-state index contributed by atoms with van der Waals surface area (Å²) in [6.07, 6.45) is -7.39. The molecule has 6 nitrogen and oxygen atoms in total. The zero-order chi connectivity index (χ0) is 26.1. The second-order valence-electron chi connectivity index (χ2n) is 7.68. The number of hydrogen-bond acceptors (Lipinski definition) is 6. The van der Waals surface area contributed by atoms with Gasteiger partial charge in [-0.05, 0) is 53.5 Å². The van der Waals surface area contributed by atoms with E-state index in [0.29, 0.717) is 47.2 Å². The van der Waals surface area contributed by atoms with Gasteiger partial charge in [-0.15, -0.1) is 10.2 Å². The summed E-state index contributed by atoms with van der Waals surface area (Å²) >= 11 is 6.35. The van der Waals surface area contributed by atoms with Gasteiger partial charge in [0.05, 0.1) is 16.0 Å². The molecule has 0 spiro atoms. The summed E-state index contributed by atoms with van der Waals surface area (Å²) in [6.45, 7) is 0.320. The zero-order valence-electron chi connectivity index (χ0n) is 18.0. The van der Waals surface area contributed by atoms with Crippen LogP contribution in [0.15, 0.2) is 47.4 Å². The average Bonchev–Trinajstić information content (AvgIpc) is 3.41. The molecule has 0 atom stereocenters. The van der Waals surface area contributed by atoms with Gasteiger partial charge in [-0.2, -0.15) is 31.6 Å². The Morgan fingerprint density at radius 2 is 1.69 bits per heavy atom. The Morgan fingerprint density at radius 3 is 2.31 bits per heavy atom.